The van der Waals surface area contributed by atoms with Crippen molar-refractivity contribution in [2.75, 3.05) is 0 Å². The van der Waals surface area contributed by atoms with Gasteiger partial charge in [0.1, 0.15) is 6.54 Å². The van der Waals surface area contributed by atoms with Gasteiger partial charge < -0.3 is 16.9 Å². The van der Waals surface area contributed by atoms with Crippen LogP contribution < -0.4 is 12.4 Å². The van der Waals surface area contributed by atoms with Crippen molar-refractivity contribution in [3.63, 3.8) is 0 Å². The molecule has 1 nitrogen and oxygen atoms in total. The zero-order chi connectivity index (χ0) is 53.5. The Hall–Kier alpha value is -0.530. The van der Waals surface area contributed by atoms with E-state index in [2.05, 4.69) is 72.7 Å². The van der Waals surface area contributed by atoms with Crippen LogP contribution in [0.3, 0.4) is 0 Å². The van der Waals surface area contributed by atoms with Crippen LogP contribution in [0.25, 0.3) is 0 Å². The maximum Gasteiger partial charge on any atom is 0.105 e. The number of benzene rings is 1. The molecule has 2 heteroatoms. The predicted octanol–water partition coefficient (Wildman–Crippen LogP) is 23.3. The average Bonchev–Trinajstić information content (AvgIpc) is 3.41. The highest BCUT2D eigenvalue weighted by molar-refractivity contribution is 5.26. The van der Waals surface area contributed by atoms with Gasteiger partial charge in [-0.15, -0.1) is 0 Å². The number of nitrogens with zero attached hydrogens (tertiary/aromatic N) is 1. The van der Waals surface area contributed by atoms with Crippen molar-refractivity contribution in [2.24, 2.45) is 0 Å². The van der Waals surface area contributed by atoms with Gasteiger partial charge >= 0.3 is 0 Å². The molecule has 0 N–H and O–H groups in total. The van der Waals surface area contributed by atoms with E-state index in [4.69, 9.17) is 0 Å². The van der Waals surface area contributed by atoms with Crippen LogP contribution in [0.4, 0.5) is 0 Å². The second kappa shape index (κ2) is 58.1. The van der Waals surface area contributed by atoms with Crippen LogP contribution in [0.5, 0.6) is 0 Å². The van der Waals surface area contributed by atoms with Crippen LogP contribution >= 0.6 is 0 Å². The Balaban J connectivity index is 0.0000548. The van der Waals surface area contributed by atoms with Crippen LogP contribution in [0.2, 0.25) is 0 Å². The van der Waals surface area contributed by atoms with Gasteiger partial charge in [-0.2, -0.15) is 0 Å². The molecule has 0 saturated carbocycles. The molecule has 0 aliphatic rings. The van der Waals surface area contributed by atoms with Gasteiger partial charge in [0.05, 0.1) is 18.1 Å². The topological polar surface area (TPSA) is 0 Å². The average molecular weight is 1070 g/mol. The van der Waals surface area contributed by atoms with E-state index in [9.17, 15) is 0 Å². The molecule has 0 aliphatic heterocycles. The van der Waals surface area contributed by atoms with E-state index in [0.29, 0.717) is 0 Å². The monoisotopic (exact) mass is 1070 g/mol. The van der Waals surface area contributed by atoms with Crippen molar-refractivity contribution < 1.29 is 16.9 Å². The Labute approximate surface area is 482 Å². The summed E-state index contributed by atoms with van der Waals surface area (Å²) in [5.74, 6) is 0. The van der Waals surface area contributed by atoms with E-state index in [1.54, 1.807) is 11.1 Å². The Bertz CT molecular complexity index is 1130. The molecule has 3 unspecified atom stereocenters. The summed E-state index contributed by atoms with van der Waals surface area (Å²) < 4.78 is 1.48. The van der Waals surface area contributed by atoms with E-state index in [0.717, 1.165) is 18.1 Å². The molecule has 0 amide bonds. The first-order valence-electron chi connectivity index (χ1n) is 35.5. The van der Waals surface area contributed by atoms with Gasteiger partial charge in [-0.05, 0) is 95.5 Å². The molecule has 0 saturated heterocycles. The van der Waals surface area contributed by atoms with E-state index in [1.165, 1.54) is 371 Å². The zero-order valence-corrected chi connectivity index (χ0v) is 53.9. The summed E-state index contributed by atoms with van der Waals surface area (Å²) in [7, 11) is 0. The second-order valence-corrected chi connectivity index (χ2v) is 25.2. The minimum absolute atomic E-state index is 0. The molecular weight excluding hydrogens is 926 g/mol. The highest BCUT2D eigenvalue weighted by Gasteiger charge is 2.48. The molecule has 0 spiro atoms. The number of halogens is 1. The minimum atomic E-state index is 0. The first-order chi connectivity index (χ1) is 36.6. The highest BCUT2D eigenvalue weighted by Crippen LogP contribution is 2.43. The fourth-order valence-electron chi connectivity index (χ4n) is 13.7. The second-order valence-electron chi connectivity index (χ2n) is 25.2. The summed E-state index contributed by atoms with van der Waals surface area (Å²) >= 11 is 0. The summed E-state index contributed by atoms with van der Waals surface area (Å²) in [4.78, 5) is 0. The predicted molar refractivity (Wildman–Crippen MR) is 339 cm³/mol. The van der Waals surface area contributed by atoms with Crippen LogP contribution in [0.15, 0.2) is 24.3 Å². The summed E-state index contributed by atoms with van der Waals surface area (Å²) in [6, 6.07) is 12.7. The lowest BCUT2D eigenvalue weighted by atomic mass is 9.83. The molecule has 446 valence electrons. The number of aryl methyl sites for hydroxylation is 1. The summed E-state index contributed by atoms with van der Waals surface area (Å²) in [5, 5.41) is 0. The van der Waals surface area contributed by atoms with Gasteiger partial charge in [0, 0.05) is 5.56 Å². The molecule has 75 heavy (non-hydrogen) atoms. The van der Waals surface area contributed by atoms with Crippen LogP contribution in [0.1, 0.15) is 413 Å². The van der Waals surface area contributed by atoms with Gasteiger partial charge in [-0.25, -0.2) is 0 Å². The summed E-state index contributed by atoms with van der Waals surface area (Å²) in [6.07, 6.45) is 80.6. The highest BCUT2D eigenvalue weighted by atomic mass is 35.5. The molecule has 0 aliphatic carbocycles. The number of rotatable bonds is 61. The SMILES string of the molecule is CCCCCCCCCCCCc1ccccc1C[N+](C(CCCCCCCC)CCCCCCCCC)(C(CCCCCCCC)CCCCCCCCC)C(CCCCCCCC)CCCCCCCCC.[Cl-]. The van der Waals surface area contributed by atoms with Crippen molar-refractivity contribution in [2.45, 2.75) is 433 Å². The molecule has 0 fully saturated rings. The van der Waals surface area contributed by atoms with Crippen molar-refractivity contribution in [3.05, 3.63) is 35.4 Å². The molecule has 3 atom stereocenters. The molecule has 0 bridgehead atoms. The van der Waals surface area contributed by atoms with Gasteiger partial charge in [-0.3, -0.25) is 0 Å². The van der Waals surface area contributed by atoms with Crippen LogP contribution in [-0.2, 0) is 13.0 Å². The maximum atomic E-state index is 2.71. The van der Waals surface area contributed by atoms with Gasteiger partial charge in [0.25, 0.3) is 0 Å². The van der Waals surface area contributed by atoms with Gasteiger partial charge in [0.15, 0.2) is 0 Å². The first-order valence-corrected chi connectivity index (χ1v) is 35.5. The number of hydrogen-bond acceptors (Lipinski definition) is 0. The Kier molecular flexibility index (Phi) is 57.7. The van der Waals surface area contributed by atoms with Crippen molar-refractivity contribution in [1.82, 2.24) is 0 Å². The number of quaternary nitrogens is 1. The van der Waals surface area contributed by atoms with E-state index < -0.39 is 0 Å². The summed E-state index contributed by atoms with van der Waals surface area (Å²) in [6.45, 7) is 18.1. The maximum absolute atomic E-state index is 2.71. The Morgan fingerprint density at radius 2 is 0.427 bits per heavy atom. The molecular formula is C73H142ClN. The summed E-state index contributed by atoms with van der Waals surface area (Å²) in [5.41, 5.74) is 3.53. The normalized spacial score (nSPS) is 13.7. The van der Waals surface area contributed by atoms with Crippen molar-refractivity contribution >= 4 is 0 Å². The number of hydrogen-bond donors (Lipinski definition) is 0. The fourth-order valence-corrected chi connectivity index (χ4v) is 13.7. The molecule has 1 aromatic rings. The first kappa shape index (κ1) is 74.5. The van der Waals surface area contributed by atoms with E-state index >= 15 is 0 Å². The van der Waals surface area contributed by atoms with Crippen molar-refractivity contribution in [1.29, 1.82) is 0 Å². The largest absolute Gasteiger partial charge is 1.00 e. The molecule has 0 aromatic heterocycles. The number of unbranched alkanes of at least 4 members (excludes halogenated alkanes) is 42. The van der Waals surface area contributed by atoms with Gasteiger partial charge in [0.2, 0.25) is 0 Å². The Morgan fingerprint density at radius 3 is 0.653 bits per heavy atom. The molecule has 1 rings (SSSR count). The van der Waals surface area contributed by atoms with Crippen molar-refractivity contribution in [3.8, 4) is 0 Å². The van der Waals surface area contributed by atoms with Crippen LogP contribution in [0, 0.1) is 0 Å². The smallest absolute Gasteiger partial charge is 0.105 e. The third-order valence-electron chi connectivity index (χ3n) is 18.5. The fraction of sp³-hybridized carbons (Fsp3) is 0.918. The van der Waals surface area contributed by atoms with E-state index in [1.807, 2.05) is 0 Å². The molecule has 1 aromatic carbocycles. The van der Waals surface area contributed by atoms with Crippen LogP contribution in [-0.4, -0.2) is 22.6 Å². The minimum Gasteiger partial charge on any atom is -1.00 e. The standard InChI is InChI=1S/C73H142N.ClH/c1-8-15-22-29-36-37-38-42-43-50-59-69-60-57-58-61-70(69)68-74(71(62-51-44-33-26-19-12-5)65-54-47-39-30-23-16-9-2,72(63-52-45-34-27-20-13-6)66-55-48-40-31-24-17-10-3)73(64-53-46-35-28-21-14-7)67-56-49-41-32-25-18-11-4;/h57-58,60-61,71-73H,8-56,59,62-68H2,1-7H3;1H/q+1;/p-1. The lowest BCUT2D eigenvalue weighted by molar-refractivity contribution is -1.01. The lowest BCUT2D eigenvalue weighted by Gasteiger charge is -2.56. The molecule has 0 heterocycles. The zero-order valence-electron chi connectivity index (χ0n) is 53.2. The molecule has 0 radical (unpaired) electrons. The van der Waals surface area contributed by atoms with E-state index in [-0.39, 0.29) is 12.4 Å². The quantitative estimate of drug-likeness (QED) is 0.0451. The van der Waals surface area contributed by atoms with Gasteiger partial charge in [-0.1, -0.05) is 342 Å². The third kappa shape index (κ3) is 40.3. The third-order valence-corrected chi connectivity index (χ3v) is 18.5. The Morgan fingerprint density at radius 1 is 0.240 bits per heavy atom. The lowest BCUT2D eigenvalue weighted by Crippen LogP contribution is -3.00.